The molecule has 23 heavy (non-hydrogen) atoms. The second kappa shape index (κ2) is 8.38. The van der Waals surface area contributed by atoms with E-state index in [4.69, 9.17) is 0 Å². The lowest BCUT2D eigenvalue weighted by Gasteiger charge is -2.07. The Labute approximate surface area is 133 Å². The Morgan fingerprint density at radius 3 is 2.52 bits per heavy atom. The van der Waals surface area contributed by atoms with Gasteiger partial charge in [-0.1, -0.05) is 18.2 Å². The number of H-pyrrole nitrogens is 1. The molecule has 1 aromatic heterocycles. The number of carbonyl (C=O) groups excluding carboxylic acids is 2. The van der Waals surface area contributed by atoms with Gasteiger partial charge in [0.25, 0.3) is 0 Å². The van der Waals surface area contributed by atoms with Gasteiger partial charge in [-0.05, 0) is 18.6 Å². The van der Waals surface area contributed by atoms with Gasteiger partial charge in [0.2, 0.25) is 5.43 Å². The summed E-state index contributed by atoms with van der Waals surface area (Å²) < 4.78 is 0. The molecule has 0 aliphatic heterocycles. The maximum atomic E-state index is 11.7. The van der Waals surface area contributed by atoms with Gasteiger partial charge < -0.3 is 20.9 Å². The first kappa shape index (κ1) is 16.3. The fraction of sp³-hybridized carbons (Fsp3) is 0.188. The average molecular weight is 314 g/mol. The minimum Gasteiger partial charge on any atom is -0.385 e. The van der Waals surface area contributed by atoms with E-state index in [1.54, 1.807) is 0 Å². The number of aromatic nitrogens is 1. The molecule has 7 heteroatoms. The lowest BCUT2D eigenvalue weighted by atomic mass is 10.3. The Morgan fingerprint density at radius 1 is 1.00 bits per heavy atom. The maximum absolute atomic E-state index is 11.7. The van der Waals surface area contributed by atoms with Gasteiger partial charge >= 0.3 is 11.8 Å². The second-order valence-electron chi connectivity index (χ2n) is 4.78. The number of hydrogen-bond acceptors (Lipinski definition) is 4. The molecule has 0 spiro atoms. The molecular formula is C16H18N4O3. The highest BCUT2D eigenvalue weighted by molar-refractivity contribution is 6.39. The number of nitrogens with one attached hydrogen (secondary N) is 4. The zero-order chi connectivity index (χ0) is 16.5. The highest BCUT2D eigenvalue weighted by atomic mass is 16.2. The molecule has 0 atom stereocenters. The number of pyridine rings is 1. The van der Waals surface area contributed by atoms with Crippen LogP contribution in [0.4, 0.5) is 11.4 Å². The number of rotatable bonds is 6. The van der Waals surface area contributed by atoms with E-state index in [1.807, 2.05) is 30.3 Å². The molecule has 4 N–H and O–H groups in total. The van der Waals surface area contributed by atoms with Crippen molar-refractivity contribution in [2.45, 2.75) is 6.42 Å². The van der Waals surface area contributed by atoms with Gasteiger partial charge in [0, 0.05) is 37.2 Å². The van der Waals surface area contributed by atoms with Crippen molar-refractivity contribution in [3.8, 4) is 0 Å². The van der Waals surface area contributed by atoms with E-state index in [0.717, 1.165) is 5.69 Å². The third kappa shape index (κ3) is 5.31. The highest BCUT2D eigenvalue weighted by Gasteiger charge is 2.14. The summed E-state index contributed by atoms with van der Waals surface area (Å²) >= 11 is 0. The predicted molar refractivity (Wildman–Crippen MR) is 88.3 cm³/mol. The molecule has 0 aliphatic rings. The van der Waals surface area contributed by atoms with Crippen LogP contribution >= 0.6 is 0 Å². The summed E-state index contributed by atoms with van der Waals surface area (Å²) in [6.45, 7) is 1.03. The van der Waals surface area contributed by atoms with Crippen LogP contribution in [0.25, 0.3) is 0 Å². The van der Waals surface area contributed by atoms with Gasteiger partial charge in [-0.25, -0.2) is 0 Å². The first-order chi connectivity index (χ1) is 11.2. The van der Waals surface area contributed by atoms with Crippen molar-refractivity contribution in [3.63, 3.8) is 0 Å². The summed E-state index contributed by atoms with van der Waals surface area (Å²) in [6, 6.07) is 11.0. The van der Waals surface area contributed by atoms with Crippen molar-refractivity contribution in [2.75, 3.05) is 23.7 Å². The summed E-state index contributed by atoms with van der Waals surface area (Å²) in [5, 5.41) is 7.97. The van der Waals surface area contributed by atoms with Gasteiger partial charge in [0.15, 0.2) is 0 Å². The summed E-state index contributed by atoms with van der Waals surface area (Å²) in [5.41, 5.74) is 0.676. The van der Waals surface area contributed by atoms with Crippen LogP contribution in [0, 0.1) is 0 Å². The van der Waals surface area contributed by atoms with Crippen LogP contribution in [0.15, 0.2) is 53.6 Å². The number of anilines is 2. The number of para-hydroxylation sites is 1. The Bertz CT molecular complexity index is 713. The average Bonchev–Trinajstić information content (AvgIpc) is 2.57. The van der Waals surface area contributed by atoms with E-state index < -0.39 is 11.8 Å². The van der Waals surface area contributed by atoms with Gasteiger partial charge in [-0.15, -0.1) is 0 Å². The molecule has 2 amide bonds. The van der Waals surface area contributed by atoms with Crippen LogP contribution in [0.5, 0.6) is 0 Å². The number of amides is 2. The SMILES string of the molecule is O=C(NCCCNc1ccccc1)C(=O)Nc1c[nH]ccc1=O. The van der Waals surface area contributed by atoms with Crippen molar-refractivity contribution in [3.05, 3.63) is 59.0 Å². The fourth-order valence-electron chi connectivity index (χ4n) is 1.85. The quantitative estimate of drug-likeness (QED) is 0.470. The summed E-state index contributed by atoms with van der Waals surface area (Å²) in [5.74, 6) is -1.63. The van der Waals surface area contributed by atoms with Crippen molar-refractivity contribution < 1.29 is 9.59 Å². The number of benzene rings is 1. The molecule has 120 valence electrons. The van der Waals surface area contributed by atoms with Gasteiger partial charge in [-0.3, -0.25) is 14.4 Å². The zero-order valence-corrected chi connectivity index (χ0v) is 12.5. The number of aromatic amines is 1. The third-order valence-corrected chi connectivity index (χ3v) is 3.02. The van der Waals surface area contributed by atoms with E-state index in [2.05, 4.69) is 20.9 Å². The largest absolute Gasteiger partial charge is 0.385 e. The zero-order valence-electron chi connectivity index (χ0n) is 12.5. The standard InChI is InChI=1S/C16H18N4O3/c21-14-7-10-17-11-13(14)20-16(23)15(22)19-9-4-8-18-12-5-2-1-3-6-12/h1-3,5-7,10-11,18H,4,8-9H2,(H,17,21)(H,19,22)(H,20,23). The van der Waals surface area contributed by atoms with Crippen LogP contribution < -0.4 is 21.4 Å². The predicted octanol–water partition coefficient (Wildman–Crippen LogP) is 0.932. The molecule has 2 rings (SSSR count). The van der Waals surface area contributed by atoms with E-state index >= 15 is 0 Å². The van der Waals surface area contributed by atoms with E-state index in [9.17, 15) is 14.4 Å². The maximum Gasteiger partial charge on any atom is 0.313 e. The van der Waals surface area contributed by atoms with Gasteiger partial charge in [0.1, 0.15) is 5.69 Å². The monoisotopic (exact) mass is 314 g/mol. The van der Waals surface area contributed by atoms with Crippen LogP contribution in [0.1, 0.15) is 6.42 Å². The van der Waals surface area contributed by atoms with E-state index in [0.29, 0.717) is 19.5 Å². The minimum atomic E-state index is -0.863. The summed E-state index contributed by atoms with van der Waals surface area (Å²) in [7, 11) is 0. The molecule has 1 heterocycles. The van der Waals surface area contributed by atoms with Crippen LogP contribution in [0.3, 0.4) is 0 Å². The minimum absolute atomic E-state index is 0.0402. The lowest BCUT2D eigenvalue weighted by molar-refractivity contribution is -0.136. The van der Waals surface area contributed by atoms with E-state index in [1.165, 1.54) is 18.5 Å². The smallest absolute Gasteiger partial charge is 0.313 e. The number of carbonyl (C=O) groups is 2. The third-order valence-electron chi connectivity index (χ3n) is 3.02. The molecule has 0 saturated carbocycles. The second-order valence-corrected chi connectivity index (χ2v) is 4.78. The Hall–Kier alpha value is -3.09. The molecule has 7 nitrogen and oxygen atoms in total. The molecule has 2 aromatic rings. The molecule has 1 aromatic carbocycles. The van der Waals surface area contributed by atoms with E-state index in [-0.39, 0.29) is 11.1 Å². The Balaban J connectivity index is 1.67. The first-order valence-corrected chi connectivity index (χ1v) is 7.22. The molecule has 0 bridgehead atoms. The molecule has 0 radical (unpaired) electrons. The summed E-state index contributed by atoms with van der Waals surface area (Å²) in [4.78, 5) is 37.4. The van der Waals surface area contributed by atoms with Crippen LogP contribution in [0.2, 0.25) is 0 Å². The molecule has 0 fully saturated rings. The van der Waals surface area contributed by atoms with Crippen molar-refractivity contribution in [1.29, 1.82) is 0 Å². The van der Waals surface area contributed by atoms with Crippen molar-refractivity contribution >= 4 is 23.2 Å². The van der Waals surface area contributed by atoms with Crippen molar-refractivity contribution in [1.82, 2.24) is 10.3 Å². The molecule has 0 aliphatic carbocycles. The topological polar surface area (TPSA) is 103 Å². The normalized spacial score (nSPS) is 9.91. The molecule has 0 saturated heterocycles. The fourth-order valence-corrected chi connectivity index (χ4v) is 1.85. The summed E-state index contributed by atoms with van der Waals surface area (Å²) in [6.07, 6.45) is 3.44. The van der Waals surface area contributed by atoms with Crippen molar-refractivity contribution in [2.24, 2.45) is 0 Å². The highest BCUT2D eigenvalue weighted by Crippen LogP contribution is 2.04. The van der Waals surface area contributed by atoms with Crippen LogP contribution in [-0.2, 0) is 9.59 Å². The first-order valence-electron chi connectivity index (χ1n) is 7.22. The molecular weight excluding hydrogens is 296 g/mol. The lowest BCUT2D eigenvalue weighted by Crippen LogP contribution is -2.37. The molecule has 0 unspecified atom stereocenters. The number of hydrogen-bond donors (Lipinski definition) is 4. The Morgan fingerprint density at radius 2 is 1.78 bits per heavy atom. The Kier molecular flexibility index (Phi) is 5.93. The van der Waals surface area contributed by atoms with Gasteiger partial charge in [0.05, 0.1) is 0 Å². The van der Waals surface area contributed by atoms with Crippen LogP contribution in [-0.4, -0.2) is 29.9 Å². The van der Waals surface area contributed by atoms with Gasteiger partial charge in [-0.2, -0.15) is 0 Å².